The molecule has 1 N–H and O–H groups in total. The van der Waals surface area contributed by atoms with Crippen molar-refractivity contribution in [3.63, 3.8) is 0 Å². The van der Waals surface area contributed by atoms with Gasteiger partial charge in [0.05, 0.1) is 11.3 Å². The largest absolute Gasteiger partial charge is 0.416 e. The predicted molar refractivity (Wildman–Crippen MR) is 120 cm³/mol. The van der Waals surface area contributed by atoms with Gasteiger partial charge in [0, 0.05) is 36.9 Å². The van der Waals surface area contributed by atoms with Crippen LogP contribution in [0.25, 0.3) is 5.69 Å². The molecule has 184 valence electrons. The summed E-state index contributed by atoms with van der Waals surface area (Å²) >= 11 is 0. The van der Waals surface area contributed by atoms with Gasteiger partial charge in [0.15, 0.2) is 5.69 Å². The number of amides is 1. The van der Waals surface area contributed by atoms with Crippen LogP contribution in [0.5, 0.6) is 0 Å². The zero-order valence-corrected chi connectivity index (χ0v) is 18.9. The van der Waals surface area contributed by atoms with E-state index in [1.807, 2.05) is 0 Å². The summed E-state index contributed by atoms with van der Waals surface area (Å²) in [5, 5.41) is 6.81. The molecule has 0 unspecified atom stereocenters. The van der Waals surface area contributed by atoms with Crippen LogP contribution in [0.2, 0.25) is 0 Å². The van der Waals surface area contributed by atoms with E-state index in [0.717, 1.165) is 22.9 Å². The van der Waals surface area contributed by atoms with E-state index in [0.29, 0.717) is 31.6 Å². The smallest absolute Gasteiger partial charge is 0.381 e. The molecule has 0 spiro atoms. The molecule has 1 aliphatic heterocycles. The van der Waals surface area contributed by atoms with E-state index in [-0.39, 0.29) is 17.9 Å². The summed E-state index contributed by atoms with van der Waals surface area (Å²) in [5.74, 6) is -1.16. The van der Waals surface area contributed by atoms with E-state index < -0.39 is 40.0 Å². The molecule has 3 aromatic rings. The maximum absolute atomic E-state index is 13.9. The summed E-state index contributed by atoms with van der Waals surface area (Å²) in [6.07, 6.45) is -3.49. The lowest BCUT2D eigenvalue weighted by atomic mass is 9.74. The first-order valence-corrected chi connectivity index (χ1v) is 11.0. The highest BCUT2D eigenvalue weighted by Crippen LogP contribution is 2.35. The minimum absolute atomic E-state index is 0.0621. The lowest BCUT2D eigenvalue weighted by Gasteiger charge is -2.38. The number of nitrogens with one attached hydrogen (secondary N) is 1. The second-order valence-electron chi connectivity index (χ2n) is 8.54. The fraction of sp³-hybridized carbons (Fsp3) is 0.320. The Bertz CT molecular complexity index is 1300. The van der Waals surface area contributed by atoms with E-state index in [4.69, 9.17) is 4.74 Å². The highest BCUT2D eigenvalue weighted by molar-refractivity contribution is 5.92. The van der Waals surface area contributed by atoms with Gasteiger partial charge in [-0.15, -0.1) is 0 Å². The summed E-state index contributed by atoms with van der Waals surface area (Å²) in [4.78, 5) is 25.5. The number of benzene rings is 2. The number of hydrogen-bond donors (Lipinski definition) is 1. The maximum atomic E-state index is 13.9. The average Bonchev–Trinajstić information content (AvgIpc) is 2.83. The van der Waals surface area contributed by atoms with Crippen LogP contribution in [0.3, 0.4) is 0 Å². The van der Waals surface area contributed by atoms with Crippen LogP contribution in [0.1, 0.15) is 40.2 Å². The van der Waals surface area contributed by atoms with Crippen molar-refractivity contribution in [1.82, 2.24) is 15.1 Å². The van der Waals surface area contributed by atoms with E-state index >= 15 is 0 Å². The molecular formula is C25H23F4N3O3. The Labute approximate surface area is 198 Å². The molecule has 6 nitrogen and oxygen atoms in total. The number of halogens is 4. The van der Waals surface area contributed by atoms with Gasteiger partial charge < -0.3 is 10.1 Å². The van der Waals surface area contributed by atoms with Gasteiger partial charge in [0.1, 0.15) is 5.82 Å². The number of aromatic nitrogens is 2. The van der Waals surface area contributed by atoms with Gasteiger partial charge in [-0.1, -0.05) is 18.2 Å². The number of alkyl halides is 3. The number of aryl methyl sites for hydroxylation is 1. The fourth-order valence-corrected chi connectivity index (χ4v) is 4.26. The first-order chi connectivity index (χ1) is 16.6. The van der Waals surface area contributed by atoms with Crippen LogP contribution < -0.4 is 10.7 Å². The van der Waals surface area contributed by atoms with Crippen molar-refractivity contribution in [3.8, 4) is 5.69 Å². The summed E-state index contributed by atoms with van der Waals surface area (Å²) in [6.45, 7) is 2.48. The Morgan fingerprint density at radius 3 is 2.51 bits per heavy atom. The molecule has 1 fully saturated rings. The third-order valence-corrected chi connectivity index (χ3v) is 6.21. The minimum atomic E-state index is -4.56. The summed E-state index contributed by atoms with van der Waals surface area (Å²) in [5.41, 5.74) is -1.54. The van der Waals surface area contributed by atoms with Crippen LogP contribution >= 0.6 is 0 Å². The molecule has 4 rings (SSSR count). The second kappa shape index (κ2) is 9.61. The molecule has 1 aliphatic rings. The number of ether oxygens (including phenoxy) is 1. The molecule has 1 amide bonds. The molecule has 35 heavy (non-hydrogen) atoms. The van der Waals surface area contributed by atoms with Gasteiger partial charge in [-0.3, -0.25) is 9.59 Å². The van der Waals surface area contributed by atoms with E-state index in [1.165, 1.54) is 31.2 Å². The Hall–Kier alpha value is -3.53. The standard InChI is InChI=1S/C25H23F4N3O3/c1-16-12-21(33)22(31-32(16)20-7-3-5-18(14-20)25(27,28)29)23(34)30-15-24(8-10-35-11-9-24)17-4-2-6-19(26)13-17/h2-7,12-14H,8-11,15H2,1H3,(H,30,34). The molecule has 10 heteroatoms. The highest BCUT2D eigenvalue weighted by atomic mass is 19.4. The van der Waals surface area contributed by atoms with Gasteiger partial charge >= 0.3 is 6.18 Å². The van der Waals surface area contributed by atoms with Crippen molar-refractivity contribution in [1.29, 1.82) is 0 Å². The van der Waals surface area contributed by atoms with Gasteiger partial charge in [0.25, 0.3) is 5.91 Å². The Kier molecular flexibility index (Phi) is 6.75. The molecule has 0 aliphatic carbocycles. The molecule has 0 saturated carbocycles. The van der Waals surface area contributed by atoms with Crippen LogP contribution in [0, 0.1) is 12.7 Å². The van der Waals surface area contributed by atoms with E-state index in [2.05, 4.69) is 10.4 Å². The molecular weight excluding hydrogens is 466 g/mol. The SMILES string of the molecule is Cc1cc(=O)c(C(=O)NCC2(c3cccc(F)c3)CCOCC2)nn1-c1cccc(C(F)(F)F)c1. The van der Waals surface area contributed by atoms with Crippen LogP contribution in [-0.4, -0.2) is 35.4 Å². The topological polar surface area (TPSA) is 73.2 Å². The van der Waals surface area contributed by atoms with Gasteiger partial charge in [-0.05, 0) is 55.7 Å². The third kappa shape index (κ3) is 5.27. The summed E-state index contributed by atoms with van der Waals surface area (Å²) in [7, 11) is 0. The van der Waals surface area contributed by atoms with Crippen LogP contribution in [0.4, 0.5) is 17.6 Å². The third-order valence-electron chi connectivity index (χ3n) is 6.21. The van der Waals surface area contributed by atoms with E-state index in [9.17, 15) is 27.2 Å². The van der Waals surface area contributed by atoms with Crippen molar-refractivity contribution in [2.24, 2.45) is 0 Å². The number of hydrogen-bond acceptors (Lipinski definition) is 4. The van der Waals surface area contributed by atoms with E-state index in [1.54, 1.807) is 12.1 Å². The van der Waals surface area contributed by atoms with Crippen molar-refractivity contribution in [2.45, 2.75) is 31.4 Å². The normalized spacial score (nSPS) is 15.6. The fourth-order valence-electron chi connectivity index (χ4n) is 4.26. The zero-order valence-electron chi connectivity index (χ0n) is 18.9. The predicted octanol–water partition coefficient (Wildman–Crippen LogP) is 4.18. The zero-order chi connectivity index (χ0) is 25.2. The van der Waals surface area contributed by atoms with Crippen molar-refractivity contribution in [2.75, 3.05) is 19.8 Å². The molecule has 1 aromatic heterocycles. The number of carbonyl (C=O) groups excluding carboxylic acids is 1. The van der Waals surface area contributed by atoms with Gasteiger partial charge in [-0.25, -0.2) is 9.07 Å². The molecule has 2 aromatic carbocycles. The van der Waals surface area contributed by atoms with Crippen molar-refractivity contribution >= 4 is 5.91 Å². The maximum Gasteiger partial charge on any atom is 0.416 e. The van der Waals surface area contributed by atoms with Crippen molar-refractivity contribution in [3.05, 3.63) is 93.2 Å². The molecule has 0 radical (unpaired) electrons. The van der Waals surface area contributed by atoms with Gasteiger partial charge in [0.2, 0.25) is 5.43 Å². The quantitative estimate of drug-likeness (QED) is 0.546. The Balaban J connectivity index is 1.63. The lowest BCUT2D eigenvalue weighted by Crippen LogP contribution is -2.45. The summed E-state index contributed by atoms with van der Waals surface area (Å²) < 4.78 is 60.0. The number of rotatable bonds is 5. The van der Waals surface area contributed by atoms with Gasteiger partial charge in [-0.2, -0.15) is 18.3 Å². The molecule has 0 atom stereocenters. The highest BCUT2D eigenvalue weighted by Gasteiger charge is 2.36. The number of carbonyl (C=O) groups is 1. The average molecular weight is 489 g/mol. The molecule has 2 heterocycles. The second-order valence-corrected chi connectivity index (χ2v) is 8.54. The molecule has 0 bridgehead atoms. The summed E-state index contributed by atoms with van der Waals surface area (Å²) in [6, 6.07) is 11.7. The van der Waals surface area contributed by atoms with Crippen LogP contribution in [0.15, 0.2) is 59.4 Å². The number of nitrogens with zero attached hydrogens (tertiary/aromatic N) is 2. The van der Waals surface area contributed by atoms with Crippen LogP contribution in [-0.2, 0) is 16.3 Å². The Morgan fingerprint density at radius 2 is 1.83 bits per heavy atom. The first kappa shape index (κ1) is 24.6. The Morgan fingerprint density at radius 1 is 1.11 bits per heavy atom. The lowest BCUT2D eigenvalue weighted by molar-refractivity contribution is -0.137. The molecule has 1 saturated heterocycles. The monoisotopic (exact) mass is 489 g/mol. The first-order valence-electron chi connectivity index (χ1n) is 11.0. The minimum Gasteiger partial charge on any atom is -0.381 e. The van der Waals surface area contributed by atoms with Crippen molar-refractivity contribution < 1.29 is 27.1 Å².